The molecule has 5 aromatic rings. The maximum atomic E-state index is 11.4. The van der Waals surface area contributed by atoms with Crippen LogP contribution in [-0.2, 0) is 6.42 Å². The van der Waals surface area contributed by atoms with Crippen LogP contribution in [-0.4, -0.2) is 21.0 Å². The molecule has 0 aliphatic carbocycles. The summed E-state index contributed by atoms with van der Waals surface area (Å²) in [6, 6.07) is 19.5. The van der Waals surface area contributed by atoms with E-state index in [1.165, 1.54) is 0 Å². The van der Waals surface area contributed by atoms with E-state index in [1.807, 2.05) is 42.5 Å². The highest BCUT2D eigenvalue weighted by molar-refractivity contribution is 6.34. The summed E-state index contributed by atoms with van der Waals surface area (Å²) in [5.74, 6) is -0.332. The van der Waals surface area contributed by atoms with Gasteiger partial charge in [-0.2, -0.15) is 0 Å². The molecule has 0 saturated carbocycles. The number of fused-ring (bicyclic) bond motifs is 1. The Hall–Kier alpha value is -3.83. The predicted molar refractivity (Wildman–Crippen MR) is 125 cm³/mol. The molecule has 2 aromatic heterocycles. The first-order valence-electron chi connectivity index (χ1n) is 10.1. The summed E-state index contributed by atoms with van der Waals surface area (Å²) in [4.78, 5) is 19.0. The maximum absolute atomic E-state index is 11.4. The number of rotatable bonds is 5. The Labute approximate surface area is 189 Å². The van der Waals surface area contributed by atoms with E-state index in [0.29, 0.717) is 22.9 Å². The van der Waals surface area contributed by atoms with Crippen LogP contribution < -0.4 is 0 Å². The maximum Gasteiger partial charge on any atom is 0.335 e. The van der Waals surface area contributed by atoms with Gasteiger partial charge in [-0.05, 0) is 60.0 Å². The summed E-state index contributed by atoms with van der Waals surface area (Å²) in [7, 11) is 0. The van der Waals surface area contributed by atoms with E-state index in [0.717, 1.165) is 44.4 Å². The highest BCUT2D eigenvalue weighted by atomic mass is 35.5. The number of hydrogen-bond acceptors (Lipinski definition) is 3. The van der Waals surface area contributed by atoms with Crippen LogP contribution in [0.5, 0.6) is 0 Å². The van der Waals surface area contributed by atoms with Gasteiger partial charge in [0, 0.05) is 34.1 Å². The number of nitrogens with zero attached hydrogens (tertiary/aromatic N) is 1. The van der Waals surface area contributed by atoms with Gasteiger partial charge in [-0.3, -0.25) is 0 Å². The van der Waals surface area contributed by atoms with Crippen molar-refractivity contribution in [2.75, 3.05) is 0 Å². The number of nitrogens with one attached hydrogen (secondary N) is 1. The van der Waals surface area contributed by atoms with Gasteiger partial charge in [0.15, 0.2) is 0 Å². The molecule has 0 aliphatic heterocycles. The van der Waals surface area contributed by atoms with Gasteiger partial charge in [0.05, 0.1) is 16.8 Å². The van der Waals surface area contributed by atoms with Crippen molar-refractivity contribution in [2.24, 2.45) is 0 Å². The third-order valence-corrected chi connectivity index (χ3v) is 5.88. The summed E-state index contributed by atoms with van der Waals surface area (Å²) in [6.07, 6.45) is 3.78. The van der Waals surface area contributed by atoms with Gasteiger partial charge >= 0.3 is 5.97 Å². The van der Waals surface area contributed by atoms with Crippen molar-refractivity contribution in [1.82, 2.24) is 9.97 Å². The van der Waals surface area contributed by atoms with Crippen LogP contribution in [0.15, 0.2) is 77.5 Å². The molecule has 3 aromatic carbocycles. The lowest BCUT2D eigenvalue weighted by atomic mass is 10.0. The molecule has 0 atom stereocenters. The molecular formula is C26H19ClN2O3. The fourth-order valence-electron chi connectivity index (χ4n) is 3.92. The Bertz CT molecular complexity index is 1430. The average molecular weight is 443 g/mol. The predicted octanol–water partition coefficient (Wildman–Crippen LogP) is 6.74. The second kappa shape index (κ2) is 8.02. The molecule has 2 N–H and O–H groups in total. The Morgan fingerprint density at radius 3 is 2.56 bits per heavy atom. The zero-order valence-electron chi connectivity index (χ0n) is 17.2. The number of aryl methyl sites for hydroxylation is 1. The second-order valence-electron chi connectivity index (χ2n) is 7.76. The standard InChI is InChI=1S/C26H19ClN2O3/c1-15-2-3-16(11-21(15)26(30)31)10-20-12-19-13-22(23(27)14-24(19)29-20)17-4-6-18(7-5-17)25-28-8-9-32-25/h2-9,11-14,29H,10H2,1H3,(H,30,31). The van der Waals surface area contributed by atoms with Crippen molar-refractivity contribution in [2.45, 2.75) is 13.3 Å². The third kappa shape index (κ3) is 3.79. The zero-order valence-corrected chi connectivity index (χ0v) is 18.0. The molecule has 5 rings (SSSR count). The molecule has 0 bridgehead atoms. The van der Waals surface area contributed by atoms with Crippen molar-refractivity contribution in [3.05, 3.63) is 101 Å². The largest absolute Gasteiger partial charge is 0.478 e. The Morgan fingerprint density at radius 1 is 1.06 bits per heavy atom. The highest BCUT2D eigenvalue weighted by Crippen LogP contribution is 2.34. The lowest BCUT2D eigenvalue weighted by molar-refractivity contribution is 0.0696. The Morgan fingerprint density at radius 2 is 1.84 bits per heavy atom. The number of carboxylic acids is 1. The molecule has 0 unspecified atom stereocenters. The smallest absolute Gasteiger partial charge is 0.335 e. The number of carboxylic acid groups (broad SMARTS) is 1. The van der Waals surface area contributed by atoms with Crippen molar-refractivity contribution in [3.63, 3.8) is 0 Å². The van der Waals surface area contributed by atoms with E-state index in [-0.39, 0.29) is 0 Å². The van der Waals surface area contributed by atoms with Crippen molar-refractivity contribution in [3.8, 4) is 22.6 Å². The van der Waals surface area contributed by atoms with E-state index in [9.17, 15) is 9.90 Å². The van der Waals surface area contributed by atoms with E-state index < -0.39 is 5.97 Å². The first-order valence-corrected chi connectivity index (χ1v) is 10.5. The fourth-order valence-corrected chi connectivity index (χ4v) is 4.19. The number of halogens is 1. The molecule has 2 heterocycles. The number of benzene rings is 3. The first-order chi connectivity index (χ1) is 15.5. The van der Waals surface area contributed by atoms with Crippen LogP contribution in [0.4, 0.5) is 0 Å². The quantitative estimate of drug-likeness (QED) is 0.316. The highest BCUT2D eigenvalue weighted by Gasteiger charge is 2.12. The lowest BCUT2D eigenvalue weighted by Crippen LogP contribution is -2.01. The van der Waals surface area contributed by atoms with Gasteiger partial charge in [0.1, 0.15) is 6.26 Å². The van der Waals surface area contributed by atoms with E-state index in [1.54, 1.807) is 25.5 Å². The summed E-state index contributed by atoms with van der Waals surface area (Å²) in [6.45, 7) is 1.80. The minimum absolute atomic E-state index is 0.331. The molecular weight excluding hydrogens is 424 g/mol. The van der Waals surface area contributed by atoms with E-state index in [4.69, 9.17) is 16.0 Å². The van der Waals surface area contributed by atoms with Crippen molar-refractivity contribution in [1.29, 1.82) is 0 Å². The number of aromatic amines is 1. The summed E-state index contributed by atoms with van der Waals surface area (Å²) in [5, 5.41) is 11.1. The van der Waals surface area contributed by atoms with Gasteiger partial charge in [0.25, 0.3) is 0 Å². The van der Waals surface area contributed by atoms with Gasteiger partial charge in [-0.1, -0.05) is 35.9 Å². The normalized spacial score (nSPS) is 11.2. The van der Waals surface area contributed by atoms with Crippen LogP contribution in [0, 0.1) is 6.92 Å². The fraction of sp³-hybridized carbons (Fsp3) is 0.0769. The molecule has 6 heteroatoms. The SMILES string of the molecule is Cc1ccc(Cc2cc3cc(-c4ccc(-c5ncco5)cc4)c(Cl)cc3[nH]2)cc1C(=O)O. The van der Waals surface area contributed by atoms with Gasteiger partial charge in [0.2, 0.25) is 5.89 Å². The Kier molecular flexibility index (Phi) is 5.04. The number of aromatic nitrogens is 2. The zero-order chi connectivity index (χ0) is 22.2. The molecule has 0 amide bonds. The molecule has 5 nitrogen and oxygen atoms in total. The molecule has 158 valence electrons. The number of oxazole rings is 1. The van der Waals surface area contributed by atoms with E-state index >= 15 is 0 Å². The second-order valence-corrected chi connectivity index (χ2v) is 8.17. The lowest BCUT2D eigenvalue weighted by Gasteiger charge is -2.06. The van der Waals surface area contributed by atoms with Crippen LogP contribution in [0.3, 0.4) is 0 Å². The summed E-state index contributed by atoms with van der Waals surface area (Å²) in [5.41, 5.74) is 6.79. The van der Waals surface area contributed by atoms with E-state index in [2.05, 4.69) is 22.1 Å². The molecule has 32 heavy (non-hydrogen) atoms. The van der Waals surface area contributed by atoms with Crippen molar-refractivity contribution >= 4 is 28.5 Å². The Balaban J connectivity index is 1.46. The molecule has 0 radical (unpaired) electrons. The third-order valence-electron chi connectivity index (χ3n) is 5.57. The molecule has 0 fully saturated rings. The minimum atomic E-state index is -0.911. The van der Waals surface area contributed by atoms with Gasteiger partial charge < -0.3 is 14.5 Å². The van der Waals surface area contributed by atoms with Crippen LogP contribution in [0.2, 0.25) is 5.02 Å². The summed E-state index contributed by atoms with van der Waals surface area (Å²) >= 11 is 6.60. The summed E-state index contributed by atoms with van der Waals surface area (Å²) < 4.78 is 5.35. The van der Waals surface area contributed by atoms with Crippen LogP contribution in [0.1, 0.15) is 27.2 Å². The van der Waals surface area contributed by atoms with Gasteiger partial charge in [-0.15, -0.1) is 0 Å². The van der Waals surface area contributed by atoms with Crippen molar-refractivity contribution < 1.29 is 14.3 Å². The van der Waals surface area contributed by atoms with Crippen LogP contribution in [0.25, 0.3) is 33.5 Å². The number of hydrogen-bond donors (Lipinski definition) is 2. The minimum Gasteiger partial charge on any atom is -0.478 e. The average Bonchev–Trinajstić information content (AvgIpc) is 3.44. The number of aromatic carboxylic acids is 1. The number of carbonyl (C=O) groups is 1. The molecule has 0 spiro atoms. The first kappa shape index (κ1) is 20.1. The number of H-pyrrole nitrogens is 1. The van der Waals surface area contributed by atoms with Crippen LogP contribution >= 0.6 is 11.6 Å². The molecule has 0 saturated heterocycles. The monoisotopic (exact) mass is 442 g/mol. The molecule has 0 aliphatic rings. The van der Waals surface area contributed by atoms with Gasteiger partial charge in [-0.25, -0.2) is 9.78 Å². The topological polar surface area (TPSA) is 79.1 Å².